The number of benzene rings is 3. The Morgan fingerprint density at radius 3 is 2.30 bits per heavy atom. The lowest BCUT2D eigenvalue weighted by atomic mass is 9.90. The molecule has 2 N–H and O–H groups in total. The van der Waals surface area contributed by atoms with Crippen molar-refractivity contribution >= 4 is 34.1 Å². The van der Waals surface area contributed by atoms with Crippen molar-refractivity contribution in [2.75, 3.05) is 5.32 Å². The number of carbonyl (C=O) groups is 2. The smallest absolute Gasteiger partial charge is 0.291 e. The van der Waals surface area contributed by atoms with Gasteiger partial charge in [0.15, 0.2) is 5.76 Å². The molecule has 1 aliphatic rings. The second kappa shape index (κ2) is 11.0. The molecule has 7 nitrogen and oxygen atoms in total. The van der Waals surface area contributed by atoms with Crippen molar-refractivity contribution in [2.45, 2.75) is 32.1 Å². The van der Waals surface area contributed by atoms with Gasteiger partial charge in [-0.3, -0.25) is 14.6 Å². The summed E-state index contributed by atoms with van der Waals surface area (Å²) < 4.78 is 6.08. The summed E-state index contributed by atoms with van der Waals surface area (Å²) in [7, 11) is 0. The minimum Gasteiger partial charge on any atom is -0.455 e. The Morgan fingerprint density at radius 1 is 0.875 bits per heavy atom. The number of aromatic nitrogens is 1. The average molecular weight is 529 g/mol. The third kappa shape index (κ3) is 4.89. The minimum atomic E-state index is -0.504. The van der Waals surface area contributed by atoms with Crippen LogP contribution in [0.5, 0.6) is 0 Å². The predicted molar refractivity (Wildman–Crippen MR) is 155 cm³/mol. The molecule has 0 atom stereocenters. The van der Waals surface area contributed by atoms with Crippen LogP contribution in [0, 0.1) is 6.92 Å². The lowest BCUT2D eigenvalue weighted by Gasteiger charge is -2.18. The van der Waals surface area contributed by atoms with Crippen LogP contribution in [-0.4, -0.2) is 22.5 Å². The van der Waals surface area contributed by atoms with E-state index < -0.39 is 5.92 Å². The number of rotatable bonds is 6. The molecule has 0 spiro atoms. The normalized spacial score (nSPS) is 13.8. The van der Waals surface area contributed by atoms with Gasteiger partial charge in [0.05, 0.1) is 22.8 Å². The van der Waals surface area contributed by atoms with Crippen LogP contribution >= 0.6 is 0 Å². The number of hydrazone groups is 1. The Morgan fingerprint density at radius 2 is 1.57 bits per heavy atom. The highest BCUT2D eigenvalue weighted by Gasteiger charge is 2.29. The van der Waals surface area contributed by atoms with Crippen LogP contribution in [0.1, 0.15) is 57.3 Å². The molecular formula is C33H28N4O3. The topological polar surface area (TPSA) is 96.6 Å². The number of carbonyl (C=O) groups excluding carboxylic acids is 2. The molecular weight excluding hydrogens is 500 g/mol. The molecule has 5 aromatic rings. The number of furan rings is 1. The molecule has 6 rings (SSSR count). The molecule has 198 valence electrons. The second-order valence-corrected chi connectivity index (χ2v) is 9.83. The van der Waals surface area contributed by atoms with Gasteiger partial charge in [-0.15, -0.1) is 0 Å². The predicted octanol–water partition coefficient (Wildman–Crippen LogP) is 6.38. The molecule has 3 aromatic carbocycles. The summed E-state index contributed by atoms with van der Waals surface area (Å²) in [6.07, 6.45) is 3.88. The number of hydrogen-bond acceptors (Lipinski definition) is 5. The molecule has 0 saturated heterocycles. The zero-order chi connectivity index (χ0) is 27.5. The summed E-state index contributed by atoms with van der Waals surface area (Å²) in [5.41, 5.74) is 8.12. The van der Waals surface area contributed by atoms with Crippen molar-refractivity contribution < 1.29 is 14.0 Å². The Labute approximate surface area is 232 Å². The van der Waals surface area contributed by atoms with Gasteiger partial charge < -0.3 is 9.73 Å². The third-order valence-electron chi connectivity index (χ3n) is 7.24. The van der Waals surface area contributed by atoms with Crippen molar-refractivity contribution in [2.24, 2.45) is 5.10 Å². The maximum atomic E-state index is 13.5. The highest BCUT2D eigenvalue weighted by Crippen LogP contribution is 2.31. The Kier molecular flexibility index (Phi) is 6.93. The van der Waals surface area contributed by atoms with E-state index in [1.807, 2.05) is 97.9 Å². The number of pyridine rings is 1. The van der Waals surface area contributed by atoms with Crippen molar-refractivity contribution in [3.05, 3.63) is 131 Å². The Hall–Kier alpha value is -5.04. The fraction of sp³-hybridized carbons (Fsp3) is 0.152. The number of amides is 2. The molecule has 2 heterocycles. The summed E-state index contributed by atoms with van der Waals surface area (Å²) >= 11 is 0. The number of para-hydroxylation sites is 1. The van der Waals surface area contributed by atoms with E-state index in [4.69, 9.17) is 4.42 Å². The molecule has 0 aliphatic heterocycles. The van der Waals surface area contributed by atoms with Gasteiger partial charge in [-0.05, 0) is 43.0 Å². The SMILES string of the molecule is Cc1c(C(=O)Nc2cccc3cccnc23)oc2c1/C(=N/NC(=O)C(c1ccccc1)c1ccccc1)CCC2. The van der Waals surface area contributed by atoms with Gasteiger partial charge in [0.25, 0.3) is 11.8 Å². The average Bonchev–Trinajstić information content (AvgIpc) is 3.34. The molecule has 1 aliphatic carbocycles. The van der Waals surface area contributed by atoms with E-state index in [0.717, 1.165) is 28.5 Å². The largest absolute Gasteiger partial charge is 0.455 e. The van der Waals surface area contributed by atoms with Crippen LogP contribution in [0.15, 0.2) is 107 Å². The third-order valence-corrected chi connectivity index (χ3v) is 7.24. The molecule has 2 amide bonds. The van der Waals surface area contributed by atoms with Crippen LogP contribution in [0.3, 0.4) is 0 Å². The lowest BCUT2D eigenvalue weighted by Crippen LogP contribution is -2.28. The maximum Gasteiger partial charge on any atom is 0.291 e. The van der Waals surface area contributed by atoms with Crippen molar-refractivity contribution in [3.63, 3.8) is 0 Å². The first-order valence-corrected chi connectivity index (χ1v) is 13.3. The molecule has 0 unspecified atom stereocenters. The van der Waals surface area contributed by atoms with E-state index in [2.05, 4.69) is 20.8 Å². The molecule has 0 radical (unpaired) electrons. The number of aryl methyl sites for hydroxylation is 1. The van der Waals surface area contributed by atoms with Crippen LogP contribution in [-0.2, 0) is 11.2 Å². The van der Waals surface area contributed by atoms with Crippen molar-refractivity contribution in [1.82, 2.24) is 10.4 Å². The Balaban J connectivity index is 1.27. The van der Waals surface area contributed by atoms with Crippen LogP contribution in [0.25, 0.3) is 10.9 Å². The highest BCUT2D eigenvalue weighted by atomic mass is 16.4. The quantitative estimate of drug-likeness (QED) is 0.250. The first-order chi connectivity index (χ1) is 19.6. The fourth-order valence-corrected chi connectivity index (χ4v) is 5.35. The van der Waals surface area contributed by atoms with Gasteiger partial charge in [-0.25, -0.2) is 5.43 Å². The van der Waals surface area contributed by atoms with E-state index in [1.165, 1.54) is 0 Å². The molecule has 40 heavy (non-hydrogen) atoms. The van der Waals surface area contributed by atoms with Crippen LogP contribution in [0.2, 0.25) is 0 Å². The summed E-state index contributed by atoms with van der Waals surface area (Å²) in [6, 6.07) is 28.8. The van der Waals surface area contributed by atoms with Gasteiger partial charge in [0.2, 0.25) is 0 Å². The lowest BCUT2D eigenvalue weighted by molar-refractivity contribution is -0.121. The standard InChI is InChI=1S/C33H28N4O3/c1-21-28-25(36-37-32(38)29(22-11-4-2-5-12-22)23-13-6-3-7-14-23)17-9-19-27(28)40-31(21)33(39)35-26-18-8-15-24-16-10-20-34-30(24)26/h2-8,10-16,18,20,29H,9,17,19H2,1H3,(H,35,39)(H,37,38)/b36-25+. The van der Waals surface area contributed by atoms with E-state index in [0.29, 0.717) is 41.1 Å². The zero-order valence-corrected chi connectivity index (χ0v) is 22.1. The van der Waals surface area contributed by atoms with Gasteiger partial charge in [-0.2, -0.15) is 5.10 Å². The van der Waals surface area contributed by atoms with E-state index in [-0.39, 0.29) is 17.6 Å². The molecule has 0 fully saturated rings. The van der Waals surface area contributed by atoms with Crippen molar-refractivity contribution in [1.29, 1.82) is 0 Å². The first-order valence-electron chi connectivity index (χ1n) is 13.3. The summed E-state index contributed by atoms with van der Waals surface area (Å²) in [6.45, 7) is 1.86. The number of nitrogens with one attached hydrogen (secondary N) is 2. The monoisotopic (exact) mass is 528 g/mol. The number of fused-ring (bicyclic) bond motifs is 2. The molecule has 0 saturated carbocycles. The molecule has 0 bridgehead atoms. The van der Waals surface area contributed by atoms with Gasteiger partial charge in [-0.1, -0.05) is 78.9 Å². The fourth-order valence-electron chi connectivity index (χ4n) is 5.35. The Bertz CT molecular complexity index is 1680. The van der Waals surface area contributed by atoms with Crippen LogP contribution < -0.4 is 10.7 Å². The molecule has 2 aromatic heterocycles. The van der Waals surface area contributed by atoms with Gasteiger partial charge >= 0.3 is 0 Å². The summed E-state index contributed by atoms with van der Waals surface area (Å²) in [5.74, 6) is -0.122. The maximum absolute atomic E-state index is 13.5. The number of nitrogens with zero attached hydrogens (tertiary/aromatic N) is 2. The van der Waals surface area contributed by atoms with E-state index in [1.54, 1.807) is 6.20 Å². The van der Waals surface area contributed by atoms with E-state index in [9.17, 15) is 9.59 Å². The van der Waals surface area contributed by atoms with Gasteiger partial charge in [0.1, 0.15) is 5.76 Å². The first kappa shape index (κ1) is 25.2. The zero-order valence-electron chi connectivity index (χ0n) is 22.1. The minimum absolute atomic E-state index is 0.223. The molecule has 7 heteroatoms. The number of anilines is 1. The highest BCUT2D eigenvalue weighted by molar-refractivity contribution is 6.11. The van der Waals surface area contributed by atoms with E-state index >= 15 is 0 Å². The van der Waals surface area contributed by atoms with Crippen LogP contribution in [0.4, 0.5) is 5.69 Å². The summed E-state index contributed by atoms with van der Waals surface area (Å²) in [4.78, 5) is 31.2. The van der Waals surface area contributed by atoms with Crippen molar-refractivity contribution in [3.8, 4) is 0 Å². The van der Waals surface area contributed by atoms with Gasteiger partial charge in [0, 0.05) is 29.1 Å². The second-order valence-electron chi connectivity index (χ2n) is 9.83. The summed E-state index contributed by atoms with van der Waals surface area (Å²) in [5, 5.41) is 8.47. The number of hydrogen-bond donors (Lipinski definition) is 2.